The summed E-state index contributed by atoms with van der Waals surface area (Å²) in [5, 5.41) is 10.3. The first-order chi connectivity index (χ1) is 13.6. The molecule has 5 rings (SSSR count). The van der Waals surface area contributed by atoms with Gasteiger partial charge in [-0.2, -0.15) is 0 Å². The molecule has 2 atom stereocenters. The number of rotatable bonds is 3. The highest BCUT2D eigenvalue weighted by atomic mass is 16.3. The number of fused-ring (bicyclic) bond motifs is 2. The van der Waals surface area contributed by atoms with Crippen molar-refractivity contribution in [3.05, 3.63) is 66.0 Å². The molecule has 0 saturated carbocycles. The van der Waals surface area contributed by atoms with E-state index in [0.29, 0.717) is 6.54 Å². The number of carbonyl (C=O) groups excluding carboxylic acids is 1. The van der Waals surface area contributed by atoms with Gasteiger partial charge in [0.05, 0.1) is 11.6 Å². The number of β-amino-alcohol motifs (C(OH)–C–C–N with tert-alkyl or cyclic N) is 1. The van der Waals surface area contributed by atoms with Gasteiger partial charge in [0, 0.05) is 63.3 Å². The lowest BCUT2D eigenvalue weighted by Crippen LogP contribution is -2.78. The van der Waals surface area contributed by atoms with Gasteiger partial charge in [0.25, 0.3) is 5.91 Å². The molecule has 1 amide bonds. The average molecular weight is 378 g/mol. The first-order valence-corrected chi connectivity index (χ1v) is 10.0. The van der Waals surface area contributed by atoms with E-state index in [1.54, 1.807) is 6.20 Å². The molecule has 0 bridgehead atoms. The number of likely N-dealkylation sites (tertiary alicyclic amines) is 1. The highest BCUT2D eigenvalue weighted by Crippen LogP contribution is 2.39. The summed E-state index contributed by atoms with van der Waals surface area (Å²) in [5.74, 6) is 0.103. The number of piperazine rings is 1. The predicted molar refractivity (Wildman–Crippen MR) is 106 cm³/mol. The van der Waals surface area contributed by atoms with Crippen molar-refractivity contribution in [1.82, 2.24) is 19.7 Å². The summed E-state index contributed by atoms with van der Waals surface area (Å²) in [6, 6.07) is 13.9. The van der Waals surface area contributed by atoms with Crippen LogP contribution in [0.25, 0.3) is 0 Å². The first kappa shape index (κ1) is 17.8. The summed E-state index contributed by atoms with van der Waals surface area (Å²) in [6.07, 6.45) is 4.18. The molecule has 4 heterocycles. The topological polar surface area (TPSA) is 59.9 Å². The van der Waals surface area contributed by atoms with Gasteiger partial charge >= 0.3 is 0 Å². The number of pyridine rings is 1. The zero-order valence-corrected chi connectivity index (χ0v) is 15.9. The lowest BCUT2D eigenvalue weighted by molar-refractivity contribution is -0.108. The number of amides is 1. The summed E-state index contributed by atoms with van der Waals surface area (Å²) in [5.41, 5.74) is 1.91. The molecule has 0 unspecified atom stereocenters. The Morgan fingerprint density at radius 2 is 1.93 bits per heavy atom. The predicted octanol–water partition coefficient (Wildman–Crippen LogP) is 1.23. The fourth-order valence-electron chi connectivity index (χ4n) is 5.26. The van der Waals surface area contributed by atoms with Crippen molar-refractivity contribution in [2.45, 2.75) is 30.7 Å². The van der Waals surface area contributed by atoms with Crippen LogP contribution in [0.1, 0.15) is 22.3 Å². The molecule has 3 aliphatic heterocycles. The lowest BCUT2D eigenvalue weighted by atomic mass is 9.83. The Balaban J connectivity index is 1.34. The minimum atomic E-state index is -0.291. The van der Waals surface area contributed by atoms with Gasteiger partial charge in [-0.25, -0.2) is 0 Å². The Kier molecular flexibility index (Phi) is 4.42. The maximum absolute atomic E-state index is 13.1. The third kappa shape index (κ3) is 3.11. The number of nitrogens with zero attached hydrogens (tertiary/aromatic N) is 4. The molecule has 3 fully saturated rings. The molecule has 1 aromatic heterocycles. The third-order valence-electron chi connectivity index (χ3n) is 6.39. The molecule has 6 heteroatoms. The highest BCUT2D eigenvalue weighted by molar-refractivity contribution is 5.94. The van der Waals surface area contributed by atoms with Gasteiger partial charge in [-0.05, 0) is 30.2 Å². The Morgan fingerprint density at radius 3 is 2.68 bits per heavy atom. The fraction of sp³-hybridized carbons (Fsp3) is 0.455. The largest absolute Gasteiger partial charge is 0.392 e. The number of aliphatic hydroxyl groups excluding tert-OH is 1. The lowest BCUT2D eigenvalue weighted by Gasteiger charge is -2.61. The zero-order chi connectivity index (χ0) is 19.1. The molecular weight excluding hydrogens is 352 g/mol. The molecular formula is C22H26N4O2. The molecule has 146 valence electrons. The van der Waals surface area contributed by atoms with E-state index in [0.717, 1.165) is 44.7 Å². The van der Waals surface area contributed by atoms with Crippen molar-refractivity contribution >= 4 is 5.91 Å². The van der Waals surface area contributed by atoms with Crippen LogP contribution in [0.2, 0.25) is 0 Å². The highest BCUT2D eigenvalue weighted by Gasteiger charge is 2.56. The van der Waals surface area contributed by atoms with E-state index in [1.165, 1.54) is 5.56 Å². The fourth-order valence-corrected chi connectivity index (χ4v) is 5.26. The van der Waals surface area contributed by atoms with E-state index < -0.39 is 0 Å². The minimum absolute atomic E-state index is 0.0486. The monoisotopic (exact) mass is 378 g/mol. The van der Waals surface area contributed by atoms with Crippen molar-refractivity contribution in [1.29, 1.82) is 0 Å². The van der Waals surface area contributed by atoms with Crippen LogP contribution in [-0.4, -0.2) is 81.1 Å². The van der Waals surface area contributed by atoms with E-state index in [9.17, 15) is 9.90 Å². The van der Waals surface area contributed by atoms with E-state index in [2.05, 4.69) is 20.9 Å². The van der Waals surface area contributed by atoms with Crippen molar-refractivity contribution < 1.29 is 9.90 Å². The molecule has 28 heavy (non-hydrogen) atoms. The standard InChI is InChI=1S/C22H26N4O2/c27-20-9-19-12-25(21(28)18-6-2-1-3-7-18)16-22(26(19)13-20)14-24(15-22)11-17-5-4-8-23-10-17/h1-8,10,19-20,27H,9,11-16H2/t19-,20+/m0/s1. The summed E-state index contributed by atoms with van der Waals surface area (Å²) in [4.78, 5) is 24.2. The first-order valence-electron chi connectivity index (χ1n) is 10.0. The number of hydrogen-bond donors (Lipinski definition) is 1. The van der Waals surface area contributed by atoms with Crippen molar-refractivity contribution in [2.75, 3.05) is 32.7 Å². The summed E-state index contributed by atoms with van der Waals surface area (Å²) >= 11 is 0. The summed E-state index contributed by atoms with van der Waals surface area (Å²) in [7, 11) is 0. The second-order valence-corrected chi connectivity index (χ2v) is 8.48. The van der Waals surface area contributed by atoms with Crippen LogP contribution in [0.5, 0.6) is 0 Å². The SMILES string of the molecule is O=C(c1ccccc1)N1C[C@@H]2C[C@@H](O)CN2C2(CN(Cc3cccnc3)C2)C1. The summed E-state index contributed by atoms with van der Waals surface area (Å²) in [6.45, 7) is 4.87. The van der Waals surface area contributed by atoms with Crippen LogP contribution in [0, 0.1) is 0 Å². The molecule has 6 nitrogen and oxygen atoms in total. The van der Waals surface area contributed by atoms with Crippen LogP contribution in [0.3, 0.4) is 0 Å². The Bertz CT molecular complexity index is 838. The van der Waals surface area contributed by atoms with E-state index >= 15 is 0 Å². The molecule has 0 aliphatic carbocycles. The van der Waals surface area contributed by atoms with Gasteiger partial charge in [0.1, 0.15) is 0 Å². The maximum atomic E-state index is 13.1. The van der Waals surface area contributed by atoms with Crippen LogP contribution >= 0.6 is 0 Å². The van der Waals surface area contributed by atoms with Crippen molar-refractivity contribution in [2.24, 2.45) is 0 Å². The zero-order valence-electron chi connectivity index (χ0n) is 15.9. The van der Waals surface area contributed by atoms with Gasteiger partial charge in [-0.3, -0.25) is 19.6 Å². The summed E-state index contributed by atoms with van der Waals surface area (Å²) < 4.78 is 0. The second-order valence-electron chi connectivity index (χ2n) is 8.48. The number of benzene rings is 1. The van der Waals surface area contributed by atoms with Gasteiger partial charge in [-0.1, -0.05) is 24.3 Å². The maximum Gasteiger partial charge on any atom is 0.253 e. The van der Waals surface area contributed by atoms with Gasteiger partial charge in [-0.15, -0.1) is 0 Å². The molecule has 1 aromatic carbocycles. The van der Waals surface area contributed by atoms with Gasteiger partial charge in [0.15, 0.2) is 0 Å². The molecule has 1 spiro atoms. The van der Waals surface area contributed by atoms with Crippen molar-refractivity contribution in [3.8, 4) is 0 Å². The Hall–Kier alpha value is -2.28. The van der Waals surface area contributed by atoms with Crippen LogP contribution in [0.15, 0.2) is 54.9 Å². The molecule has 1 N–H and O–H groups in total. The Morgan fingerprint density at radius 1 is 1.11 bits per heavy atom. The van der Waals surface area contributed by atoms with Gasteiger partial charge < -0.3 is 10.0 Å². The number of aromatic nitrogens is 1. The van der Waals surface area contributed by atoms with Crippen LogP contribution in [0.4, 0.5) is 0 Å². The normalized spacial score (nSPS) is 26.8. The molecule has 2 aromatic rings. The number of aliphatic hydroxyl groups is 1. The average Bonchev–Trinajstić information content (AvgIpc) is 3.08. The molecule has 0 radical (unpaired) electrons. The molecule has 3 aliphatic rings. The number of carbonyl (C=O) groups is 1. The third-order valence-corrected chi connectivity index (χ3v) is 6.39. The van der Waals surface area contributed by atoms with Crippen LogP contribution in [-0.2, 0) is 6.54 Å². The molecule has 3 saturated heterocycles. The van der Waals surface area contributed by atoms with Crippen LogP contribution < -0.4 is 0 Å². The van der Waals surface area contributed by atoms with Crippen molar-refractivity contribution in [3.63, 3.8) is 0 Å². The van der Waals surface area contributed by atoms with E-state index in [-0.39, 0.29) is 23.6 Å². The minimum Gasteiger partial charge on any atom is -0.392 e. The van der Waals surface area contributed by atoms with E-state index in [1.807, 2.05) is 47.5 Å². The van der Waals surface area contributed by atoms with Gasteiger partial charge in [0.2, 0.25) is 0 Å². The smallest absolute Gasteiger partial charge is 0.253 e. The number of hydrogen-bond acceptors (Lipinski definition) is 5. The van der Waals surface area contributed by atoms with E-state index in [4.69, 9.17) is 0 Å². The second kappa shape index (κ2) is 6.95. The Labute approximate surface area is 165 Å². The quantitative estimate of drug-likeness (QED) is 0.871.